The van der Waals surface area contributed by atoms with Gasteiger partial charge in [-0.1, -0.05) is 11.2 Å². The van der Waals surface area contributed by atoms with E-state index in [4.69, 9.17) is 10.6 Å². The van der Waals surface area contributed by atoms with E-state index in [0.717, 1.165) is 11.3 Å². The number of carboxylic acids is 1. The molecule has 0 spiro atoms. The molecule has 4 heterocycles. The van der Waals surface area contributed by atoms with E-state index in [0.29, 0.717) is 17.9 Å². The van der Waals surface area contributed by atoms with E-state index in [9.17, 15) is 19.5 Å². The van der Waals surface area contributed by atoms with Gasteiger partial charge in [0.25, 0.3) is 11.8 Å². The SMILES string of the molecule is CO/N=C(/C(=O)NC1C(=O)N2C(C(=O)[O-])=C(C[n+]3ccccc3)CSC12)c1csc(N)n1. The van der Waals surface area contributed by atoms with Gasteiger partial charge in [0.2, 0.25) is 0 Å². The second kappa shape index (κ2) is 8.96. The molecule has 2 aromatic heterocycles. The summed E-state index contributed by atoms with van der Waals surface area (Å²) in [4.78, 5) is 47.4. The molecule has 2 aliphatic heterocycles. The molecule has 2 aliphatic rings. The van der Waals surface area contributed by atoms with Crippen LogP contribution in [0.25, 0.3) is 0 Å². The molecular formula is C19H18N6O5S2. The minimum atomic E-state index is -1.43. The number of nitrogens with two attached hydrogens (primary N) is 1. The van der Waals surface area contributed by atoms with Crippen LogP contribution in [0.3, 0.4) is 0 Å². The van der Waals surface area contributed by atoms with Gasteiger partial charge in [-0.2, -0.15) is 0 Å². The Morgan fingerprint density at radius 1 is 1.41 bits per heavy atom. The Balaban J connectivity index is 1.53. The number of hydrogen-bond donors (Lipinski definition) is 2. The molecule has 3 N–H and O–H groups in total. The minimum Gasteiger partial charge on any atom is -0.543 e. The number of hydrogen-bond acceptors (Lipinski definition) is 10. The van der Waals surface area contributed by atoms with Crippen LogP contribution in [0.1, 0.15) is 5.69 Å². The first-order valence-corrected chi connectivity index (χ1v) is 11.3. The monoisotopic (exact) mass is 474 g/mol. The number of thioether (sulfide) groups is 1. The third kappa shape index (κ3) is 4.03. The molecule has 4 rings (SSSR count). The van der Waals surface area contributed by atoms with Gasteiger partial charge in [-0.05, 0) is 0 Å². The van der Waals surface area contributed by atoms with E-state index in [-0.39, 0.29) is 22.2 Å². The van der Waals surface area contributed by atoms with Crippen LogP contribution in [-0.4, -0.2) is 57.7 Å². The number of thiazole rings is 1. The van der Waals surface area contributed by atoms with E-state index < -0.39 is 29.2 Å². The number of anilines is 1. The molecule has 2 unspecified atom stereocenters. The Labute approximate surface area is 190 Å². The number of nitrogens with zero attached hydrogens (tertiary/aromatic N) is 4. The Morgan fingerprint density at radius 3 is 2.78 bits per heavy atom. The van der Waals surface area contributed by atoms with Gasteiger partial charge in [-0.3, -0.25) is 14.5 Å². The van der Waals surface area contributed by atoms with Crippen LogP contribution in [-0.2, 0) is 25.8 Å². The van der Waals surface area contributed by atoms with Gasteiger partial charge in [0.05, 0.1) is 11.7 Å². The number of nitrogens with one attached hydrogen (secondary N) is 1. The van der Waals surface area contributed by atoms with Crippen molar-refractivity contribution in [2.75, 3.05) is 18.6 Å². The van der Waals surface area contributed by atoms with E-state index in [1.54, 1.807) is 17.8 Å². The zero-order valence-electron chi connectivity index (χ0n) is 16.8. The highest BCUT2D eigenvalue weighted by Crippen LogP contribution is 2.40. The highest BCUT2D eigenvalue weighted by atomic mass is 32.2. The maximum Gasteiger partial charge on any atom is 0.276 e. The van der Waals surface area contributed by atoms with Crippen molar-refractivity contribution in [1.82, 2.24) is 15.2 Å². The molecule has 1 fully saturated rings. The Hall–Kier alpha value is -3.45. The normalized spacial score (nSPS) is 20.5. The number of amides is 2. The fourth-order valence-electron chi connectivity index (χ4n) is 3.46. The second-order valence-electron chi connectivity index (χ2n) is 6.84. The van der Waals surface area contributed by atoms with Crippen molar-refractivity contribution in [3.8, 4) is 0 Å². The molecule has 0 radical (unpaired) electrons. The first-order chi connectivity index (χ1) is 15.4. The van der Waals surface area contributed by atoms with Gasteiger partial charge in [0.1, 0.15) is 24.2 Å². The van der Waals surface area contributed by atoms with Crippen molar-refractivity contribution < 1.29 is 28.9 Å². The number of carbonyl (C=O) groups excluding carboxylic acids is 3. The summed E-state index contributed by atoms with van der Waals surface area (Å²) < 4.78 is 1.82. The van der Waals surface area contributed by atoms with Crippen molar-refractivity contribution in [2.45, 2.75) is 18.0 Å². The fourth-order valence-corrected chi connectivity index (χ4v) is 5.34. The first-order valence-electron chi connectivity index (χ1n) is 9.36. The summed E-state index contributed by atoms with van der Waals surface area (Å²) >= 11 is 2.49. The highest BCUT2D eigenvalue weighted by Gasteiger charge is 2.53. The van der Waals surface area contributed by atoms with Crippen LogP contribution in [0.4, 0.5) is 5.13 Å². The van der Waals surface area contributed by atoms with Gasteiger partial charge in [0.15, 0.2) is 29.8 Å². The third-order valence-corrected chi connectivity index (χ3v) is 6.85. The lowest BCUT2D eigenvalue weighted by molar-refractivity contribution is -0.689. The number of oxime groups is 1. The van der Waals surface area contributed by atoms with Crippen LogP contribution in [0.2, 0.25) is 0 Å². The van der Waals surface area contributed by atoms with Crippen molar-refractivity contribution in [3.05, 3.63) is 52.9 Å². The predicted octanol–water partition coefficient (Wildman–Crippen LogP) is -1.53. The Bertz CT molecular complexity index is 1130. The number of nitrogen functional groups attached to an aromatic ring is 1. The molecule has 0 aliphatic carbocycles. The molecule has 0 bridgehead atoms. The van der Waals surface area contributed by atoms with Crippen molar-refractivity contribution in [1.29, 1.82) is 0 Å². The number of aromatic nitrogens is 2. The van der Waals surface area contributed by atoms with Gasteiger partial charge >= 0.3 is 0 Å². The zero-order chi connectivity index (χ0) is 22.8. The topological polar surface area (TPSA) is 154 Å². The van der Waals surface area contributed by atoms with Crippen LogP contribution in [0, 0.1) is 0 Å². The molecule has 11 nitrogen and oxygen atoms in total. The molecule has 32 heavy (non-hydrogen) atoms. The number of aliphatic carboxylic acids is 1. The fraction of sp³-hybridized carbons (Fsp3) is 0.263. The summed E-state index contributed by atoms with van der Waals surface area (Å²) in [6, 6.07) is 4.58. The van der Waals surface area contributed by atoms with E-state index >= 15 is 0 Å². The quantitative estimate of drug-likeness (QED) is 0.212. The molecule has 1 saturated heterocycles. The Morgan fingerprint density at radius 2 is 2.16 bits per heavy atom. The molecule has 0 saturated carbocycles. The zero-order valence-corrected chi connectivity index (χ0v) is 18.4. The molecule has 2 amide bonds. The number of fused-ring (bicyclic) bond motifs is 1. The van der Waals surface area contributed by atoms with Crippen LogP contribution in [0.5, 0.6) is 0 Å². The summed E-state index contributed by atoms with van der Waals surface area (Å²) in [5.74, 6) is -2.28. The summed E-state index contributed by atoms with van der Waals surface area (Å²) in [6.45, 7) is 0.306. The lowest BCUT2D eigenvalue weighted by Gasteiger charge is -2.50. The number of rotatable bonds is 7. The largest absolute Gasteiger partial charge is 0.543 e. The molecule has 166 valence electrons. The van der Waals surface area contributed by atoms with Crippen molar-refractivity contribution in [3.63, 3.8) is 0 Å². The number of carboxylic acid groups (broad SMARTS) is 1. The van der Waals surface area contributed by atoms with E-state index in [1.807, 2.05) is 22.8 Å². The molecule has 0 aromatic carbocycles. The molecule has 2 aromatic rings. The smallest absolute Gasteiger partial charge is 0.276 e. The van der Waals surface area contributed by atoms with Gasteiger partial charge in [-0.15, -0.1) is 23.1 Å². The molecule has 13 heteroatoms. The number of carbonyl (C=O) groups is 3. The molecular weight excluding hydrogens is 456 g/mol. The van der Waals surface area contributed by atoms with E-state index in [1.165, 1.54) is 23.8 Å². The lowest BCUT2D eigenvalue weighted by Crippen LogP contribution is -2.71. The summed E-state index contributed by atoms with van der Waals surface area (Å²) in [5, 5.41) is 19.4. The maximum absolute atomic E-state index is 12.8. The summed E-state index contributed by atoms with van der Waals surface area (Å²) in [6.07, 6.45) is 3.61. The lowest BCUT2D eigenvalue weighted by atomic mass is 10.0. The highest BCUT2D eigenvalue weighted by molar-refractivity contribution is 8.00. The first kappa shape index (κ1) is 21.8. The minimum absolute atomic E-state index is 0.135. The van der Waals surface area contributed by atoms with Crippen LogP contribution >= 0.6 is 23.1 Å². The second-order valence-corrected chi connectivity index (χ2v) is 8.84. The molecule has 2 atom stereocenters. The van der Waals surface area contributed by atoms with Gasteiger partial charge in [0, 0.05) is 28.8 Å². The summed E-state index contributed by atoms with van der Waals surface area (Å²) in [5.41, 5.74) is 6.10. The van der Waals surface area contributed by atoms with Gasteiger partial charge in [-0.25, -0.2) is 9.55 Å². The van der Waals surface area contributed by atoms with E-state index in [2.05, 4.69) is 15.5 Å². The average molecular weight is 475 g/mol. The Kier molecular flexibility index (Phi) is 6.10. The van der Waals surface area contributed by atoms with Crippen molar-refractivity contribution >= 4 is 51.7 Å². The predicted molar refractivity (Wildman–Crippen MR) is 114 cm³/mol. The van der Waals surface area contributed by atoms with Crippen LogP contribution < -0.4 is 20.7 Å². The number of pyridine rings is 1. The maximum atomic E-state index is 12.8. The average Bonchev–Trinajstić information content (AvgIpc) is 3.21. The third-order valence-electron chi connectivity index (χ3n) is 4.84. The van der Waals surface area contributed by atoms with Gasteiger partial charge < -0.3 is 25.8 Å². The van der Waals surface area contributed by atoms with Crippen molar-refractivity contribution in [2.24, 2.45) is 5.16 Å². The summed E-state index contributed by atoms with van der Waals surface area (Å²) in [7, 11) is 1.28. The number of β-lactam (4-membered cyclic amide) rings is 1. The van der Waals surface area contributed by atoms with Crippen LogP contribution in [0.15, 0.2) is 52.4 Å². The standard InChI is InChI=1S/C19H18N6O5S2/c1-30-23-12(11-9-32-19(20)21-11)15(26)22-13-16(27)25-14(18(28)29)10(8-31-17(13)25)7-24-5-3-2-4-6-24/h2-6,9,13,17H,7-8H2,1H3,(H3-,20,21,22,26,28,29)/b23-12+.